The molecule has 2 aromatic heterocycles. The summed E-state index contributed by atoms with van der Waals surface area (Å²) in [5.41, 5.74) is 7.79. The number of thiazole rings is 1. The number of H-pyrrole nitrogens is 1. The molecule has 10 nitrogen and oxygen atoms in total. The number of aromatic nitrogens is 3. The second-order valence-corrected chi connectivity index (χ2v) is 12.4. The van der Waals surface area contributed by atoms with Crippen molar-refractivity contribution in [3.63, 3.8) is 0 Å². The lowest BCUT2D eigenvalue weighted by atomic mass is 9.77. The van der Waals surface area contributed by atoms with Gasteiger partial charge in [0.25, 0.3) is 5.56 Å². The van der Waals surface area contributed by atoms with Crippen LogP contribution < -0.4 is 26.2 Å². The first-order valence-electron chi connectivity index (χ1n) is 15.0. The highest BCUT2D eigenvalue weighted by Gasteiger charge is 2.43. The Kier molecular flexibility index (Phi) is 8.61. The van der Waals surface area contributed by atoms with Gasteiger partial charge in [-0.25, -0.2) is 0 Å². The van der Waals surface area contributed by atoms with Crippen molar-refractivity contribution in [3.8, 4) is 5.75 Å². The van der Waals surface area contributed by atoms with E-state index in [0.717, 1.165) is 28.0 Å². The molecule has 0 bridgehead atoms. The van der Waals surface area contributed by atoms with Crippen LogP contribution in [0.3, 0.4) is 0 Å². The van der Waals surface area contributed by atoms with Gasteiger partial charge in [0.1, 0.15) is 22.2 Å². The summed E-state index contributed by atoms with van der Waals surface area (Å²) in [4.78, 5) is 34.5. The Morgan fingerprint density at radius 2 is 1.67 bits per heavy atom. The summed E-state index contributed by atoms with van der Waals surface area (Å²) in [6, 6.07) is 27.2. The number of rotatable bonds is 10. The summed E-state index contributed by atoms with van der Waals surface area (Å²) >= 11 is 0.817. The molecule has 234 valence electrons. The molecule has 1 aliphatic heterocycles. The van der Waals surface area contributed by atoms with Gasteiger partial charge in [0.2, 0.25) is 5.95 Å². The molecule has 0 radical (unpaired) electrons. The van der Waals surface area contributed by atoms with Gasteiger partial charge < -0.3 is 25.6 Å². The fourth-order valence-electron chi connectivity index (χ4n) is 6.28. The Bertz CT molecular complexity index is 1830. The van der Waals surface area contributed by atoms with E-state index in [9.17, 15) is 14.7 Å². The smallest absolute Gasteiger partial charge is 0.311 e. The maximum Gasteiger partial charge on any atom is 0.311 e. The van der Waals surface area contributed by atoms with Gasteiger partial charge in [0, 0.05) is 12.0 Å². The van der Waals surface area contributed by atoms with Gasteiger partial charge in [0.05, 0.1) is 19.3 Å². The van der Waals surface area contributed by atoms with Crippen LogP contribution in [0.4, 0.5) is 5.95 Å². The number of nitrogens with zero attached hydrogens (tertiary/aromatic N) is 2. The quantitative estimate of drug-likeness (QED) is 0.165. The van der Waals surface area contributed by atoms with Crippen molar-refractivity contribution >= 4 is 27.6 Å². The van der Waals surface area contributed by atoms with E-state index in [2.05, 4.69) is 10.3 Å². The second kappa shape index (κ2) is 12.6. The molecule has 0 saturated carbocycles. The lowest BCUT2D eigenvalue weighted by molar-refractivity contribution is -0.0664. The predicted octanol–water partition coefficient (Wildman–Crippen LogP) is 4.58. The highest BCUT2D eigenvalue weighted by Crippen LogP contribution is 2.41. The first-order chi connectivity index (χ1) is 21.8. The minimum atomic E-state index is -1.01. The minimum absolute atomic E-state index is 0.170. The number of anilines is 1. The molecule has 1 saturated heterocycles. The summed E-state index contributed by atoms with van der Waals surface area (Å²) in [5, 5.41) is 14.2. The SMILES string of the molecule is CCC(O)[C@@H]1C[C@@H](C(C)N)[C@H](n2c(=O)sc3c(=O)[nH]c(NC(c4ccccc4)(c4ccccc4)c4ccc(OC)cc4)nc32)O1. The molecule has 5 atom stereocenters. The summed E-state index contributed by atoms with van der Waals surface area (Å²) in [7, 11) is 1.62. The Morgan fingerprint density at radius 1 is 1.07 bits per heavy atom. The van der Waals surface area contributed by atoms with Crippen LogP contribution in [-0.4, -0.2) is 45.0 Å². The van der Waals surface area contributed by atoms with E-state index in [-0.39, 0.29) is 33.1 Å². The number of aliphatic hydroxyl groups excluding tert-OH is 1. The van der Waals surface area contributed by atoms with Gasteiger partial charge in [-0.15, -0.1) is 0 Å². The average molecular weight is 628 g/mol. The third-order valence-electron chi connectivity index (χ3n) is 8.68. The van der Waals surface area contributed by atoms with Gasteiger partial charge in [-0.3, -0.25) is 19.1 Å². The van der Waals surface area contributed by atoms with Crippen LogP contribution in [0, 0.1) is 5.92 Å². The molecule has 3 heterocycles. The largest absolute Gasteiger partial charge is 0.497 e. The van der Waals surface area contributed by atoms with Crippen LogP contribution in [0.15, 0.2) is 94.5 Å². The zero-order valence-corrected chi connectivity index (χ0v) is 26.2. The lowest BCUT2D eigenvalue weighted by Crippen LogP contribution is -2.39. The van der Waals surface area contributed by atoms with E-state index in [1.807, 2.05) is 98.8 Å². The fraction of sp³-hybridized carbons (Fsp3) is 0.324. The highest BCUT2D eigenvalue weighted by atomic mass is 32.1. The minimum Gasteiger partial charge on any atom is -0.497 e. The lowest BCUT2D eigenvalue weighted by Gasteiger charge is -2.37. The molecule has 11 heteroatoms. The normalized spacial score (nSPS) is 19.8. The number of ether oxygens (including phenoxy) is 2. The topological polar surface area (TPSA) is 144 Å². The van der Waals surface area contributed by atoms with Crippen LogP contribution in [0.2, 0.25) is 0 Å². The molecule has 5 aromatic rings. The first kappa shape index (κ1) is 30.7. The Balaban J connectivity index is 1.55. The van der Waals surface area contributed by atoms with Crippen molar-refractivity contribution in [3.05, 3.63) is 122 Å². The number of hydrogen-bond acceptors (Lipinski definition) is 9. The van der Waals surface area contributed by atoms with Crippen molar-refractivity contribution in [1.82, 2.24) is 14.5 Å². The number of fused-ring (bicyclic) bond motifs is 1. The number of nitrogens with one attached hydrogen (secondary N) is 2. The zero-order valence-electron chi connectivity index (χ0n) is 25.3. The van der Waals surface area contributed by atoms with Crippen molar-refractivity contribution in [2.45, 2.75) is 56.7 Å². The fourth-order valence-corrected chi connectivity index (χ4v) is 7.12. The molecule has 0 aliphatic carbocycles. The first-order valence-corrected chi connectivity index (χ1v) is 15.9. The van der Waals surface area contributed by atoms with E-state index in [4.69, 9.17) is 20.2 Å². The van der Waals surface area contributed by atoms with Gasteiger partial charge in [-0.1, -0.05) is 91.1 Å². The van der Waals surface area contributed by atoms with Crippen molar-refractivity contribution < 1.29 is 14.6 Å². The Hall–Kier alpha value is -4.29. The van der Waals surface area contributed by atoms with Crippen molar-refractivity contribution in [1.29, 1.82) is 0 Å². The summed E-state index contributed by atoms with van der Waals surface area (Å²) in [6.45, 7) is 3.74. The van der Waals surface area contributed by atoms with Gasteiger partial charge >= 0.3 is 4.87 Å². The molecule has 2 unspecified atom stereocenters. The van der Waals surface area contributed by atoms with Gasteiger partial charge in [0.15, 0.2) is 5.65 Å². The third kappa shape index (κ3) is 5.57. The van der Waals surface area contributed by atoms with Crippen LogP contribution >= 0.6 is 11.3 Å². The molecule has 0 spiro atoms. The molecule has 45 heavy (non-hydrogen) atoms. The van der Waals surface area contributed by atoms with Crippen molar-refractivity contribution in [2.75, 3.05) is 12.4 Å². The van der Waals surface area contributed by atoms with Gasteiger partial charge in [-0.05, 0) is 48.6 Å². The second-order valence-electron chi connectivity index (χ2n) is 11.4. The van der Waals surface area contributed by atoms with E-state index in [0.29, 0.717) is 18.6 Å². The summed E-state index contributed by atoms with van der Waals surface area (Å²) < 4.78 is 13.3. The maximum absolute atomic E-state index is 13.6. The zero-order chi connectivity index (χ0) is 31.7. The van der Waals surface area contributed by atoms with E-state index >= 15 is 0 Å². The molecule has 6 rings (SSSR count). The maximum atomic E-state index is 13.6. The number of methoxy groups -OCH3 is 1. The number of hydrogen-bond donors (Lipinski definition) is 4. The molecule has 3 aromatic carbocycles. The standard InChI is InChI=1S/C34H37N5O5S/c1-4-26(40)27-19-25(20(2)35)31(44-27)39-29-28(45-33(39)42)30(41)37-32(36-29)38-34(21-11-7-5-8-12-21,22-13-9-6-10-14-22)23-15-17-24(43-3)18-16-23/h5-18,20,25-27,31,40H,4,19,35H2,1-3H3,(H2,36,37,38,41)/t20?,25-,26?,27-,31+/m0/s1. The van der Waals surface area contributed by atoms with E-state index in [1.54, 1.807) is 7.11 Å². The van der Waals surface area contributed by atoms with Gasteiger partial charge in [-0.2, -0.15) is 4.98 Å². The third-order valence-corrected chi connectivity index (χ3v) is 9.62. The predicted molar refractivity (Wildman–Crippen MR) is 176 cm³/mol. The van der Waals surface area contributed by atoms with E-state index < -0.39 is 29.5 Å². The number of aromatic amines is 1. The van der Waals surface area contributed by atoms with Crippen molar-refractivity contribution in [2.24, 2.45) is 11.7 Å². The van der Waals surface area contributed by atoms with Crippen LogP contribution in [0.5, 0.6) is 5.75 Å². The van der Waals surface area contributed by atoms with E-state index in [1.165, 1.54) is 4.57 Å². The highest BCUT2D eigenvalue weighted by molar-refractivity contribution is 7.16. The number of nitrogens with two attached hydrogens (primary N) is 1. The summed E-state index contributed by atoms with van der Waals surface area (Å²) in [5.74, 6) is 0.607. The molecular weight excluding hydrogens is 590 g/mol. The number of aliphatic hydroxyl groups is 1. The Morgan fingerprint density at radius 3 is 2.22 bits per heavy atom. The Labute approximate surface area is 264 Å². The molecule has 1 fully saturated rings. The van der Waals surface area contributed by atoms with Crippen LogP contribution in [0.25, 0.3) is 10.3 Å². The number of benzene rings is 3. The molecule has 0 amide bonds. The molecular formula is C34H37N5O5S. The van der Waals surface area contributed by atoms with Crippen LogP contribution in [-0.2, 0) is 10.3 Å². The monoisotopic (exact) mass is 627 g/mol. The summed E-state index contributed by atoms with van der Waals surface area (Å²) in [6.07, 6.45) is -0.989. The molecule has 1 aliphatic rings. The molecule has 5 N–H and O–H groups in total. The average Bonchev–Trinajstić information content (AvgIpc) is 3.65. The van der Waals surface area contributed by atoms with Crippen LogP contribution in [0.1, 0.15) is 49.6 Å².